The van der Waals surface area contributed by atoms with Gasteiger partial charge in [0, 0.05) is 56.8 Å². The van der Waals surface area contributed by atoms with Crippen molar-refractivity contribution in [1.82, 2.24) is 9.80 Å². The largest absolute Gasteiger partial charge is 0.338 e. The van der Waals surface area contributed by atoms with Gasteiger partial charge in [-0.1, -0.05) is 0 Å². The van der Waals surface area contributed by atoms with Crippen LogP contribution in [0.15, 0.2) is 24.3 Å². The lowest BCUT2D eigenvalue weighted by molar-refractivity contribution is -0.116. The van der Waals surface area contributed by atoms with E-state index in [0.717, 1.165) is 38.3 Å². The molecule has 2 aliphatic rings. The molecule has 0 bridgehead atoms. The number of rotatable bonds is 2. The van der Waals surface area contributed by atoms with Crippen molar-refractivity contribution in [3.63, 3.8) is 0 Å². The molecule has 0 radical (unpaired) electrons. The molecule has 2 amide bonds. The lowest BCUT2D eigenvalue weighted by atomic mass is 9.79. The van der Waals surface area contributed by atoms with Gasteiger partial charge in [0.15, 0.2) is 0 Å². The van der Waals surface area contributed by atoms with Crippen LogP contribution in [-0.2, 0) is 4.79 Å². The fraction of sp³-hybridized carbons (Fsp3) is 0.529. The number of anilines is 1. The number of benzene rings is 1. The van der Waals surface area contributed by atoms with Crippen LogP contribution in [-0.4, -0.2) is 61.9 Å². The van der Waals surface area contributed by atoms with Gasteiger partial charge in [0.1, 0.15) is 0 Å². The van der Waals surface area contributed by atoms with E-state index in [1.807, 2.05) is 29.2 Å². The number of amides is 2. The highest BCUT2D eigenvalue weighted by molar-refractivity contribution is 5.96. The van der Waals surface area contributed by atoms with Crippen LogP contribution < -0.4 is 4.90 Å². The van der Waals surface area contributed by atoms with E-state index in [1.54, 1.807) is 11.9 Å². The molecule has 22 heavy (non-hydrogen) atoms. The summed E-state index contributed by atoms with van der Waals surface area (Å²) in [6.45, 7) is 5.43. The van der Waals surface area contributed by atoms with Crippen molar-refractivity contribution in [3.8, 4) is 0 Å². The van der Waals surface area contributed by atoms with Crippen LogP contribution in [0.25, 0.3) is 0 Å². The van der Waals surface area contributed by atoms with Crippen LogP contribution in [0.2, 0.25) is 0 Å². The van der Waals surface area contributed by atoms with Crippen LogP contribution in [0, 0.1) is 5.41 Å². The maximum absolute atomic E-state index is 12.6. The second kappa shape index (κ2) is 5.39. The van der Waals surface area contributed by atoms with Gasteiger partial charge in [0.25, 0.3) is 5.91 Å². The molecule has 2 heterocycles. The van der Waals surface area contributed by atoms with Crippen molar-refractivity contribution >= 4 is 17.5 Å². The molecule has 0 aliphatic carbocycles. The fourth-order valence-electron chi connectivity index (χ4n) is 3.66. The van der Waals surface area contributed by atoms with Crippen molar-refractivity contribution in [2.24, 2.45) is 5.41 Å². The summed E-state index contributed by atoms with van der Waals surface area (Å²) < 4.78 is 0. The Bertz CT molecular complexity index is 590. The first-order valence-electron chi connectivity index (χ1n) is 7.72. The fourth-order valence-corrected chi connectivity index (χ4v) is 3.66. The van der Waals surface area contributed by atoms with E-state index in [-0.39, 0.29) is 11.8 Å². The van der Waals surface area contributed by atoms with E-state index >= 15 is 0 Å². The van der Waals surface area contributed by atoms with Gasteiger partial charge in [-0.2, -0.15) is 0 Å². The first-order chi connectivity index (χ1) is 10.4. The van der Waals surface area contributed by atoms with Crippen LogP contribution in [0.1, 0.15) is 23.7 Å². The molecule has 118 valence electrons. The van der Waals surface area contributed by atoms with Crippen molar-refractivity contribution in [1.29, 1.82) is 0 Å². The molecule has 1 aromatic rings. The molecular weight excluding hydrogens is 278 g/mol. The highest BCUT2D eigenvalue weighted by Gasteiger charge is 2.47. The minimum atomic E-state index is -0.0188. The van der Waals surface area contributed by atoms with Gasteiger partial charge in [-0.3, -0.25) is 9.59 Å². The molecule has 0 N–H and O–H groups in total. The summed E-state index contributed by atoms with van der Waals surface area (Å²) in [4.78, 5) is 29.8. The third kappa shape index (κ3) is 2.61. The predicted octanol–water partition coefficient (Wildman–Crippen LogP) is 1.45. The zero-order valence-corrected chi connectivity index (χ0v) is 13.5. The molecule has 3 rings (SSSR count). The molecule has 0 saturated carbocycles. The zero-order chi connectivity index (χ0) is 15.9. The smallest absolute Gasteiger partial charge is 0.253 e. The molecule has 2 fully saturated rings. The average molecular weight is 301 g/mol. The third-order valence-electron chi connectivity index (χ3n) is 4.91. The summed E-state index contributed by atoms with van der Waals surface area (Å²) in [7, 11) is 3.86. The highest BCUT2D eigenvalue weighted by Crippen LogP contribution is 2.39. The van der Waals surface area contributed by atoms with E-state index in [2.05, 4.69) is 11.9 Å². The van der Waals surface area contributed by atoms with Crippen molar-refractivity contribution in [2.75, 3.05) is 45.2 Å². The van der Waals surface area contributed by atoms with Gasteiger partial charge in [-0.25, -0.2) is 0 Å². The number of hydrogen-bond donors (Lipinski definition) is 0. The maximum Gasteiger partial charge on any atom is 0.253 e. The summed E-state index contributed by atoms with van der Waals surface area (Å²) in [6, 6.07) is 7.29. The topological polar surface area (TPSA) is 43.9 Å². The second-order valence-corrected chi connectivity index (χ2v) is 6.77. The molecule has 0 atom stereocenters. The summed E-state index contributed by atoms with van der Waals surface area (Å²) in [5.74, 6) is 0.0816. The SMILES string of the molecule is CC(=O)N(C)c1ccc(C(=O)N2CCC3(CN(C)C3)C2)cc1. The normalized spacial score (nSPS) is 20.0. The molecule has 1 spiro atoms. The number of likely N-dealkylation sites (tertiary alicyclic amines) is 2. The summed E-state index contributed by atoms with van der Waals surface area (Å²) >= 11 is 0. The van der Waals surface area contributed by atoms with Crippen LogP contribution in [0.4, 0.5) is 5.69 Å². The average Bonchev–Trinajstić information content (AvgIpc) is 2.90. The minimum absolute atomic E-state index is 0.0188. The second-order valence-electron chi connectivity index (χ2n) is 6.77. The molecule has 0 unspecified atom stereocenters. The molecular formula is C17H23N3O2. The van der Waals surface area contributed by atoms with E-state index < -0.39 is 0 Å². The first-order valence-corrected chi connectivity index (χ1v) is 7.72. The number of nitrogens with zero attached hydrogens (tertiary/aromatic N) is 3. The van der Waals surface area contributed by atoms with Gasteiger partial charge in [0.2, 0.25) is 5.91 Å². The standard InChI is InChI=1S/C17H23N3O2/c1-13(21)19(3)15-6-4-14(5-7-15)16(22)20-9-8-17(12-20)10-18(2)11-17/h4-7H,8-12H2,1-3H3. The van der Waals surface area contributed by atoms with Crippen LogP contribution in [0.5, 0.6) is 0 Å². The van der Waals surface area contributed by atoms with Gasteiger partial charge in [-0.05, 0) is 37.7 Å². The Morgan fingerprint density at radius 3 is 2.32 bits per heavy atom. The Balaban J connectivity index is 1.67. The Morgan fingerprint density at radius 2 is 1.77 bits per heavy atom. The molecule has 2 aliphatic heterocycles. The predicted molar refractivity (Wildman–Crippen MR) is 86.0 cm³/mol. The number of carbonyl (C=O) groups excluding carboxylic acids is 2. The van der Waals surface area contributed by atoms with Crippen LogP contribution in [0.3, 0.4) is 0 Å². The summed E-state index contributed by atoms with van der Waals surface area (Å²) in [6.07, 6.45) is 1.11. The molecule has 0 aromatic heterocycles. The third-order valence-corrected chi connectivity index (χ3v) is 4.91. The first kappa shape index (κ1) is 15.0. The van der Waals surface area contributed by atoms with E-state index in [0.29, 0.717) is 11.0 Å². The number of carbonyl (C=O) groups is 2. The summed E-state index contributed by atoms with van der Waals surface area (Å²) in [5.41, 5.74) is 1.84. The van der Waals surface area contributed by atoms with Crippen molar-refractivity contribution in [3.05, 3.63) is 29.8 Å². The minimum Gasteiger partial charge on any atom is -0.338 e. The van der Waals surface area contributed by atoms with E-state index in [9.17, 15) is 9.59 Å². The Morgan fingerprint density at radius 1 is 1.14 bits per heavy atom. The van der Waals surface area contributed by atoms with Gasteiger partial charge >= 0.3 is 0 Å². The monoisotopic (exact) mass is 301 g/mol. The quantitative estimate of drug-likeness (QED) is 0.830. The van der Waals surface area contributed by atoms with Gasteiger partial charge in [0.05, 0.1) is 0 Å². The van der Waals surface area contributed by atoms with Crippen molar-refractivity contribution < 1.29 is 9.59 Å². The summed E-state index contributed by atoms with van der Waals surface area (Å²) in [5, 5.41) is 0. The lowest BCUT2D eigenvalue weighted by Gasteiger charge is -2.46. The van der Waals surface area contributed by atoms with Gasteiger partial charge < -0.3 is 14.7 Å². The molecule has 5 nitrogen and oxygen atoms in total. The zero-order valence-electron chi connectivity index (χ0n) is 13.5. The maximum atomic E-state index is 12.6. The van der Waals surface area contributed by atoms with Crippen LogP contribution >= 0.6 is 0 Å². The van der Waals surface area contributed by atoms with Gasteiger partial charge in [-0.15, -0.1) is 0 Å². The Hall–Kier alpha value is -1.88. The Kier molecular flexibility index (Phi) is 3.68. The Labute approximate surface area is 131 Å². The van der Waals surface area contributed by atoms with Crippen molar-refractivity contribution in [2.45, 2.75) is 13.3 Å². The van der Waals surface area contributed by atoms with E-state index in [1.165, 1.54) is 6.92 Å². The van der Waals surface area contributed by atoms with E-state index in [4.69, 9.17) is 0 Å². The molecule has 5 heteroatoms. The lowest BCUT2D eigenvalue weighted by Crippen LogP contribution is -2.55. The number of hydrogen-bond acceptors (Lipinski definition) is 3. The molecule has 2 saturated heterocycles. The highest BCUT2D eigenvalue weighted by atomic mass is 16.2. The molecule has 1 aromatic carbocycles.